The number of hydrogen-bond acceptors (Lipinski definition) is 3. The molecule has 0 bridgehead atoms. The lowest BCUT2D eigenvalue weighted by atomic mass is 9.77. The molecular weight excluding hydrogens is 591 g/mol. The molecule has 5 aromatic rings. The number of benzene rings is 2. The lowest BCUT2D eigenvalue weighted by molar-refractivity contribution is -0.717. The lowest BCUT2D eigenvalue weighted by Crippen LogP contribution is -2.54. The summed E-state index contributed by atoms with van der Waals surface area (Å²) in [5.41, 5.74) is 11.3. The van der Waals surface area contributed by atoms with Crippen LogP contribution in [0, 0.1) is 5.92 Å². The normalized spacial score (nSPS) is 20.2. The molecule has 2 aromatic carbocycles. The van der Waals surface area contributed by atoms with E-state index in [0.717, 1.165) is 58.5 Å². The van der Waals surface area contributed by atoms with Gasteiger partial charge in [0.05, 0.1) is 20.2 Å². The summed E-state index contributed by atoms with van der Waals surface area (Å²) in [6, 6.07) is 20.5. The molecule has 238 valence electrons. The van der Waals surface area contributed by atoms with E-state index in [0.29, 0.717) is 11.6 Å². The first-order valence-corrected chi connectivity index (χ1v) is 21.2. The Hall–Kier alpha value is -4.09. The van der Waals surface area contributed by atoms with Gasteiger partial charge in [0.1, 0.15) is 5.58 Å². The van der Waals surface area contributed by atoms with Crippen molar-refractivity contribution in [2.24, 2.45) is 10.9 Å². The van der Waals surface area contributed by atoms with Gasteiger partial charge in [0, 0.05) is 51.0 Å². The molecule has 4 nitrogen and oxygen atoms in total. The second-order valence-corrected chi connectivity index (χ2v) is 20.2. The van der Waals surface area contributed by atoms with Gasteiger partial charge in [-0.05, 0) is 66.1 Å². The highest BCUT2D eigenvalue weighted by molar-refractivity contribution is 6.89. The molecule has 1 fully saturated rings. The van der Waals surface area contributed by atoms with Gasteiger partial charge in [-0.1, -0.05) is 95.2 Å². The van der Waals surface area contributed by atoms with E-state index in [1.54, 1.807) is 16.9 Å². The average molecular weight is 637 g/mol. The Morgan fingerprint density at radius 2 is 1.81 bits per heavy atom. The molecule has 0 radical (unpaired) electrons. The summed E-state index contributed by atoms with van der Waals surface area (Å²) >= 11 is 0. The third-order valence-electron chi connectivity index (χ3n) is 11.1. The van der Waals surface area contributed by atoms with Crippen LogP contribution < -0.4 is 9.75 Å². The van der Waals surface area contributed by atoms with Crippen LogP contribution in [0.3, 0.4) is 0 Å². The second kappa shape index (κ2) is 11.9. The van der Waals surface area contributed by atoms with Crippen LogP contribution in [0.2, 0.25) is 19.6 Å². The van der Waals surface area contributed by atoms with Gasteiger partial charge in [-0.25, -0.2) is 4.98 Å². The number of furan rings is 1. The summed E-state index contributed by atoms with van der Waals surface area (Å²) in [5.74, 6) is 1.14. The molecule has 0 amide bonds. The zero-order chi connectivity index (χ0) is 32.3. The Labute approximate surface area is 280 Å². The summed E-state index contributed by atoms with van der Waals surface area (Å²) in [6.07, 6.45) is 17.1. The van der Waals surface area contributed by atoms with E-state index in [9.17, 15) is 0 Å². The first kappa shape index (κ1) is 30.3. The third-order valence-corrected chi connectivity index (χ3v) is 13.2. The van der Waals surface area contributed by atoms with Crippen LogP contribution in [-0.2, 0) is 12.8 Å². The van der Waals surface area contributed by atoms with Gasteiger partial charge in [-0.15, -0.1) is 0 Å². The molecule has 0 saturated heterocycles. The lowest BCUT2D eigenvalue weighted by Gasteiger charge is -2.33. The molecule has 2 unspecified atom stereocenters. The number of hydrogen-bond donors (Lipinski definition) is 0. The highest BCUT2D eigenvalue weighted by atomic mass is 28.3. The Morgan fingerprint density at radius 1 is 0.979 bits per heavy atom. The number of rotatable bonds is 4. The van der Waals surface area contributed by atoms with Crippen LogP contribution in [0.25, 0.3) is 33.3 Å². The maximum atomic E-state index is 6.44. The molecule has 8 rings (SSSR count). The number of fused-ring (bicyclic) bond motifs is 11. The fourth-order valence-corrected chi connectivity index (χ4v) is 10.5. The number of aromatic nitrogens is 2. The number of allylic oxidation sites excluding steroid dienone is 2. The number of nitrogens with zero attached hydrogens (tertiary/aromatic N) is 3. The first-order valence-electron chi connectivity index (χ1n) is 17.7. The molecule has 47 heavy (non-hydrogen) atoms. The van der Waals surface area contributed by atoms with Crippen molar-refractivity contribution in [3.63, 3.8) is 0 Å². The van der Waals surface area contributed by atoms with E-state index >= 15 is 0 Å². The zero-order valence-corrected chi connectivity index (χ0v) is 29.2. The first-order chi connectivity index (χ1) is 22.8. The van der Waals surface area contributed by atoms with Crippen LogP contribution in [0.15, 0.2) is 101 Å². The molecule has 5 heterocycles. The van der Waals surface area contributed by atoms with Gasteiger partial charge < -0.3 is 4.42 Å². The topological polar surface area (TPSA) is 42.3 Å². The van der Waals surface area contributed by atoms with Crippen molar-refractivity contribution in [3.05, 3.63) is 114 Å². The molecule has 1 aliphatic carbocycles. The van der Waals surface area contributed by atoms with Gasteiger partial charge in [-0.3, -0.25) is 4.99 Å². The molecule has 1 saturated carbocycles. The van der Waals surface area contributed by atoms with Gasteiger partial charge in [-0.2, -0.15) is 4.57 Å². The monoisotopic (exact) mass is 636 g/mol. The summed E-state index contributed by atoms with van der Waals surface area (Å²) < 4.78 is 9.09. The minimum atomic E-state index is -1.63. The maximum absolute atomic E-state index is 6.44. The summed E-state index contributed by atoms with van der Waals surface area (Å²) in [4.78, 5) is 9.74. The van der Waals surface area contributed by atoms with Crippen molar-refractivity contribution in [2.75, 3.05) is 0 Å². The maximum Gasteiger partial charge on any atom is 0.227 e. The average Bonchev–Trinajstić information content (AvgIpc) is 3.45. The number of aliphatic imine (C=N–C) groups is 1. The molecular formula is C42H46N3OSi+. The predicted molar refractivity (Wildman–Crippen MR) is 197 cm³/mol. The quantitative estimate of drug-likeness (QED) is 0.146. The van der Waals surface area contributed by atoms with Crippen molar-refractivity contribution < 1.29 is 8.98 Å². The Kier molecular flexibility index (Phi) is 7.63. The van der Waals surface area contributed by atoms with Crippen LogP contribution in [-0.4, -0.2) is 18.8 Å². The molecule has 5 heteroatoms. The molecule has 0 N–H and O–H groups in total. The summed E-state index contributed by atoms with van der Waals surface area (Å²) in [5, 5.41) is 3.71. The smallest absolute Gasteiger partial charge is 0.227 e. The Bertz CT molecular complexity index is 2070. The molecule has 0 spiro atoms. The predicted octanol–water partition coefficient (Wildman–Crippen LogP) is 9.77. The van der Waals surface area contributed by atoms with Crippen LogP contribution >= 0.6 is 0 Å². The minimum absolute atomic E-state index is 0.238. The fourth-order valence-electron chi connectivity index (χ4n) is 8.87. The highest BCUT2D eigenvalue weighted by Gasteiger charge is 2.42. The van der Waals surface area contributed by atoms with E-state index in [1.807, 2.05) is 12.1 Å². The Balaban J connectivity index is 1.28. The Morgan fingerprint density at radius 3 is 2.62 bits per heavy atom. The van der Waals surface area contributed by atoms with E-state index in [4.69, 9.17) is 9.41 Å². The molecule has 2 atom stereocenters. The van der Waals surface area contributed by atoms with Gasteiger partial charge in [0.15, 0.2) is 12.2 Å². The third kappa shape index (κ3) is 5.33. The van der Waals surface area contributed by atoms with Crippen molar-refractivity contribution >= 4 is 41.0 Å². The van der Waals surface area contributed by atoms with Gasteiger partial charge in [0.2, 0.25) is 11.4 Å². The summed E-state index contributed by atoms with van der Waals surface area (Å²) in [7, 11) is -1.63. The standard InChI is InChI=1S/C42H46N3OSi/c1-6-36-40-29(19-21-34-35-17-12-22-43-42(35)46-41(34)40)18-20-33-31-15-10-11-16-32(31)38-25-30(24-28-13-8-7-9-14-28)39(47(3,4)5)26-45(38)37(33)23-27(2)44-36/h6,10-12,15-17,19,21-22,25-26,28,33,37H,1-2,7-9,13-14,18,20,23-24H2,3-5H3/q+1. The van der Waals surface area contributed by atoms with Gasteiger partial charge in [0.25, 0.3) is 0 Å². The van der Waals surface area contributed by atoms with Crippen LogP contribution in [0.5, 0.6) is 0 Å². The number of pyridine rings is 2. The van der Waals surface area contributed by atoms with Crippen molar-refractivity contribution in [3.8, 4) is 11.3 Å². The van der Waals surface area contributed by atoms with Crippen molar-refractivity contribution in [2.45, 2.75) is 89.4 Å². The van der Waals surface area contributed by atoms with E-state index < -0.39 is 8.07 Å². The zero-order valence-electron chi connectivity index (χ0n) is 28.2. The van der Waals surface area contributed by atoms with Gasteiger partial charge >= 0.3 is 0 Å². The van der Waals surface area contributed by atoms with E-state index in [-0.39, 0.29) is 6.04 Å². The minimum Gasteiger partial charge on any atom is -0.437 e. The van der Waals surface area contributed by atoms with E-state index in [1.165, 1.54) is 60.9 Å². The second-order valence-electron chi connectivity index (χ2n) is 15.2. The largest absolute Gasteiger partial charge is 0.437 e. The molecule has 3 aromatic heterocycles. The molecule has 3 aliphatic rings. The molecule has 2 aliphatic heterocycles. The highest BCUT2D eigenvalue weighted by Crippen LogP contribution is 2.45. The van der Waals surface area contributed by atoms with Crippen molar-refractivity contribution in [1.82, 2.24) is 4.98 Å². The van der Waals surface area contributed by atoms with Crippen molar-refractivity contribution in [1.29, 1.82) is 0 Å². The van der Waals surface area contributed by atoms with Crippen LogP contribution in [0.1, 0.15) is 79.2 Å². The van der Waals surface area contributed by atoms with E-state index in [2.05, 4.69) is 97.1 Å². The fraction of sp³-hybridized carbons (Fsp3) is 0.357. The van der Waals surface area contributed by atoms with Crippen LogP contribution in [0.4, 0.5) is 0 Å². The summed E-state index contributed by atoms with van der Waals surface area (Å²) in [6.45, 7) is 16.4. The number of aryl methyl sites for hydroxylation is 1. The SMILES string of the molecule is C=CC1=NC(=C)CC2C(CCc3ccc4c(oc5ncccc54)c31)c1ccccc1-c1cc(CC3CCCCC3)c([Si](C)(C)C)c[n+]12.